The molecule has 0 radical (unpaired) electrons. The largest absolute Gasteiger partial charge is 0.488 e. The van der Waals surface area contributed by atoms with Gasteiger partial charge in [-0.2, -0.15) is 13.2 Å². The number of halogens is 4. The van der Waals surface area contributed by atoms with Crippen LogP contribution in [0.2, 0.25) is 0 Å². The second-order valence-corrected chi connectivity index (χ2v) is 7.27. The number of anilines is 5. The molecule has 3 rings (SSSR count). The van der Waals surface area contributed by atoms with Crippen LogP contribution in [0.15, 0.2) is 73.3 Å². The number of amides is 1. The summed E-state index contributed by atoms with van der Waals surface area (Å²) < 4.78 is 65.3. The Morgan fingerprint density at radius 3 is 2.31 bits per heavy atom. The molecule has 0 unspecified atom stereocenters. The molecule has 1 amide bonds. The molecule has 3 aromatic rings. The van der Waals surface area contributed by atoms with Gasteiger partial charge < -0.3 is 25.4 Å². The Balaban J connectivity index is 1.84. The van der Waals surface area contributed by atoms with E-state index < -0.39 is 23.5 Å². The third kappa shape index (κ3) is 7.21. The summed E-state index contributed by atoms with van der Waals surface area (Å²) in [5.74, 6) is -1.05. The Hall–Kier alpha value is -4.05. The minimum absolute atomic E-state index is 0.0332. The first-order chi connectivity index (χ1) is 16.7. The molecular formula is C25H23F4N3O3. The van der Waals surface area contributed by atoms with Gasteiger partial charge >= 0.3 is 6.18 Å². The molecule has 0 saturated carbocycles. The van der Waals surface area contributed by atoms with E-state index in [4.69, 9.17) is 9.47 Å². The van der Waals surface area contributed by atoms with Gasteiger partial charge in [0, 0.05) is 35.9 Å². The number of methoxy groups -OCH3 is 1. The molecular weight excluding hydrogens is 466 g/mol. The predicted molar refractivity (Wildman–Crippen MR) is 127 cm³/mol. The highest BCUT2D eigenvalue weighted by molar-refractivity contribution is 5.99. The molecule has 0 atom stereocenters. The van der Waals surface area contributed by atoms with Crippen molar-refractivity contribution < 1.29 is 31.8 Å². The van der Waals surface area contributed by atoms with Gasteiger partial charge in [0.15, 0.2) is 11.6 Å². The molecule has 0 aliphatic carbocycles. The number of carbonyl (C=O) groups excluding carboxylic acids is 1. The highest BCUT2D eigenvalue weighted by atomic mass is 19.4. The number of nitrogens with one attached hydrogen (secondary N) is 3. The number of ether oxygens (including phenoxy) is 2. The minimum atomic E-state index is -4.62. The summed E-state index contributed by atoms with van der Waals surface area (Å²) in [4.78, 5) is 11.5. The number of benzene rings is 3. The van der Waals surface area contributed by atoms with Gasteiger partial charge in [0.2, 0.25) is 5.91 Å². The fourth-order valence-corrected chi connectivity index (χ4v) is 3.09. The van der Waals surface area contributed by atoms with E-state index in [1.807, 2.05) is 0 Å². The second-order valence-electron chi connectivity index (χ2n) is 7.27. The van der Waals surface area contributed by atoms with Crippen LogP contribution in [0.25, 0.3) is 0 Å². The highest BCUT2D eigenvalue weighted by Gasteiger charge is 2.33. The molecule has 3 aromatic carbocycles. The summed E-state index contributed by atoms with van der Waals surface area (Å²) >= 11 is 0. The van der Waals surface area contributed by atoms with E-state index in [1.165, 1.54) is 37.4 Å². The fraction of sp³-hybridized carbons (Fsp3) is 0.160. The third-order valence-corrected chi connectivity index (χ3v) is 4.69. The molecule has 0 heterocycles. The van der Waals surface area contributed by atoms with Crippen molar-refractivity contribution in [3.63, 3.8) is 0 Å². The number of rotatable bonds is 10. The fourth-order valence-electron chi connectivity index (χ4n) is 3.09. The monoisotopic (exact) mass is 489 g/mol. The van der Waals surface area contributed by atoms with E-state index >= 15 is 0 Å². The van der Waals surface area contributed by atoms with E-state index in [0.717, 1.165) is 12.1 Å². The van der Waals surface area contributed by atoms with Gasteiger partial charge in [-0.25, -0.2) is 4.39 Å². The topological polar surface area (TPSA) is 71.6 Å². The quantitative estimate of drug-likeness (QED) is 0.173. The van der Waals surface area contributed by atoms with Crippen LogP contribution in [0.4, 0.5) is 46.0 Å². The third-order valence-electron chi connectivity index (χ3n) is 4.69. The number of hydrogen-bond donors (Lipinski definition) is 3. The van der Waals surface area contributed by atoms with Gasteiger partial charge in [-0.1, -0.05) is 12.6 Å². The molecule has 0 fully saturated rings. The summed E-state index contributed by atoms with van der Waals surface area (Å²) in [6.07, 6.45) is -3.54. The van der Waals surface area contributed by atoms with Crippen molar-refractivity contribution in [1.82, 2.24) is 0 Å². The maximum absolute atomic E-state index is 14.3. The Morgan fingerprint density at radius 2 is 1.63 bits per heavy atom. The lowest BCUT2D eigenvalue weighted by Gasteiger charge is -2.17. The molecule has 0 aromatic heterocycles. The first-order valence-electron chi connectivity index (χ1n) is 10.4. The smallest absolute Gasteiger partial charge is 0.418 e. The van der Waals surface area contributed by atoms with Crippen LogP contribution in [0.5, 0.6) is 5.75 Å². The molecule has 184 valence electrons. The molecule has 6 nitrogen and oxygen atoms in total. The van der Waals surface area contributed by atoms with E-state index in [9.17, 15) is 22.4 Å². The number of carbonyl (C=O) groups is 1. The average molecular weight is 489 g/mol. The predicted octanol–water partition coefficient (Wildman–Crippen LogP) is 6.48. The lowest BCUT2D eigenvalue weighted by atomic mass is 10.1. The van der Waals surface area contributed by atoms with Crippen LogP contribution in [-0.4, -0.2) is 26.2 Å². The van der Waals surface area contributed by atoms with Gasteiger partial charge in [-0.05, 0) is 54.6 Å². The van der Waals surface area contributed by atoms with Crippen molar-refractivity contribution in [2.75, 3.05) is 36.3 Å². The van der Waals surface area contributed by atoms with Crippen molar-refractivity contribution in [2.24, 2.45) is 0 Å². The van der Waals surface area contributed by atoms with Crippen molar-refractivity contribution >= 4 is 34.3 Å². The van der Waals surface area contributed by atoms with Gasteiger partial charge in [0.25, 0.3) is 0 Å². The Morgan fingerprint density at radius 1 is 0.943 bits per heavy atom. The average Bonchev–Trinajstić information content (AvgIpc) is 2.80. The zero-order valence-corrected chi connectivity index (χ0v) is 18.7. The van der Waals surface area contributed by atoms with E-state index in [1.54, 1.807) is 24.3 Å². The van der Waals surface area contributed by atoms with Crippen molar-refractivity contribution in [3.05, 3.63) is 84.7 Å². The minimum Gasteiger partial charge on any atom is -0.488 e. The summed E-state index contributed by atoms with van der Waals surface area (Å²) in [6, 6.07) is 13.8. The summed E-state index contributed by atoms with van der Waals surface area (Å²) in [7, 11) is 1.50. The van der Waals surface area contributed by atoms with Gasteiger partial charge in [-0.15, -0.1) is 0 Å². The molecule has 0 bridgehead atoms. The number of alkyl halides is 3. The van der Waals surface area contributed by atoms with Crippen LogP contribution in [-0.2, 0) is 15.7 Å². The molecule has 10 heteroatoms. The molecule has 0 aliphatic heterocycles. The molecule has 3 N–H and O–H groups in total. The SMILES string of the molecule is C=CC(=O)Nc1cccc(Nc2cc(Nc3ccc(OCCOC)c(F)c3)ccc2C(F)(F)F)c1. The normalized spacial score (nSPS) is 11.0. The van der Waals surface area contributed by atoms with E-state index in [-0.39, 0.29) is 18.0 Å². The van der Waals surface area contributed by atoms with Crippen molar-refractivity contribution in [2.45, 2.75) is 6.18 Å². The lowest BCUT2D eigenvalue weighted by Crippen LogP contribution is -2.10. The van der Waals surface area contributed by atoms with Gasteiger partial charge in [0.05, 0.1) is 17.9 Å². The zero-order valence-electron chi connectivity index (χ0n) is 18.7. The summed E-state index contributed by atoms with van der Waals surface area (Å²) in [5.41, 5.74) is 0.195. The van der Waals surface area contributed by atoms with Crippen LogP contribution < -0.4 is 20.7 Å². The Labute approximate surface area is 199 Å². The molecule has 0 aliphatic rings. The standard InChI is InChI=1S/C25H23F4N3O3/c1-3-24(33)32-17-6-4-5-16(13-17)31-22-15-19(7-9-20(22)25(27,28)29)30-18-8-10-23(21(26)14-18)35-12-11-34-2/h3-10,13-15,30-31H,1,11-12H2,2H3,(H,32,33). The van der Waals surface area contributed by atoms with Crippen molar-refractivity contribution in [3.8, 4) is 5.75 Å². The number of hydrogen-bond acceptors (Lipinski definition) is 5. The first kappa shape index (κ1) is 25.6. The van der Waals surface area contributed by atoms with E-state index in [2.05, 4.69) is 22.5 Å². The Kier molecular flexibility index (Phi) is 8.32. The van der Waals surface area contributed by atoms with Crippen LogP contribution >= 0.6 is 0 Å². The van der Waals surface area contributed by atoms with E-state index in [0.29, 0.717) is 29.4 Å². The molecule has 0 saturated heterocycles. The summed E-state index contributed by atoms with van der Waals surface area (Å²) in [5, 5.41) is 8.18. The zero-order chi connectivity index (χ0) is 25.4. The van der Waals surface area contributed by atoms with Crippen LogP contribution in [0, 0.1) is 5.82 Å². The lowest BCUT2D eigenvalue weighted by molar-refractivity contribution is -0.136. The summed E-state index contributed by atoms with van der Waals surface area (Å²) in [6.45, 7) is 3.83. The Bertz CT molecular complexity index is 1200. The van der Waals surface area contributed by atoms with Crippen molar-refractivity contribution in [1.29, 1.82) is 0 Å². The maximum atomic E-state index is 14.3. The van der Waals surface area contributed by atoms with Crippen LogP contribution in [0.3, 0.4) is 0 Å². The van der Waals surface area contributed by atoms with Gasteiger partial charge in [0.1, 0.15) is 6.61 Å². The maximum Gasteiger partial charge on any atom is 0.418 e. The van der Waals surface area contributed by atoms with Crippen LogP contribution in [0.1, 0.15) is 5.56 Å². The highest BCUT2D eigenvalue weighted by Crippen LogP contribution is 2.38. The molecule has 0 spiro atoms. The molecule has 35 heavy (non-hydrogen) atoms. The first-order valence-corrected chi connectivity index (χ1v) is 10.4. The second kappa shape index (κ2) is 11.4. The van der Waals surface area contributed by atoms with Gasteiger partial charge in [-0.3, -0.25) is 4.79 Å².